The second-order valence-corrected chi connectivity index (χ2v) is 3.89. The van der Waals surface area contributed by atoms with Gasteiger partial charge in [0, 0.05) is 23.2 Å². The Balaban J connectivity index is 2.31. The maximum absolute atomic E-state index is 5.84. The minimum absolute atomic E-state index is 0.335. The molecule has 17 heavy (non-hydrogen) atoms. The van der Waals surface area contributed by atoms with Gasteiger partial charge < -0.3 is 0 Å². The average Bonchev–Trinajstić information content (AvgIpc) is 2.86. The Morgan fingerprint density at radius 3 is 3.06 bits per heavy atom. The highest BCUT2D eigenvalue weighted by atomic mass is 35.5. The number of alkyl halides is 1. The molecule has 0 bridgehead atoms. The SMILES string of the molecule is ClCc1nncn1-c1cccc2cnccc12. The molecule has 0 saturated heterocycles. The zero-order chi connectivity index (χ0) is 11.7. The van der Waals surface area contributed by atoms with Gasteiger partial charge in [-0.1, -0.05) is 12.1 Å². The van der Waals surface area contributed by atoms with Crippen molar-refractivity contribution in [3.05, 3.63) is 48.8 Å². The fourth-order valence-electron chi connectivity index (χ4n) is 1.87. The Kier molecular flexibility index (Phi) is 2.49. The normalized spacial score (nSPS) is 10.9. The van der Waals surface area contributed by atoms with Gasteiger partial charge in [-0.25, -0.2) is 0 Å². The van der Waals surface area contributed by atoms with Crippen molar-refractivity contribution in [2.24, 2.45) is 0 Å². The van der Waals surface area contributed by atoms with Crippen molar-refractivity contribution in [2.75, 3.05) is 0 Å². The summed E-state index contributed by atoms with van der Waals surface area (Å²) in [4.78, 5) is 4.11. The number of fused-ring (bicyclic) bond motifs is 1. The average molecular weight is 245 g/mol. The molecule has 0 N–H and O–H groups in total. The van der Waals surface area contributed by atoms with Crippen LogP contribution >= 0.6 is 11.6 Å². The van der Waals surface area contributed by atoms with Crippen LogP contribution in [0.3, 0.4) is 0 Å². The standard InChI is InChI=1S/C12H9ClN4/c13-6-12-16-15-8-17(12)11-3-1-2-9-7-14-5-4-10(9)11/h1-5,7-8H,6H2. The number of nitrogens with zero attached hydrogens (tertiary/aromatic N) is 4. The van der Waals surface area contributed by atoms with E-state index in [0.29, 0.717) is 5.88 Å². The lowest BCUT2D eigenvalue weighted by atomic mass is 10.1. The van der Waals surface area contributed by atoms with Gasteiger partial charge >= 0.3 is 0 Å². The highest BCUT2D eigenvalue weighted by molar-refractivity contribution is 6.16. The number of aromatic nitrogens is 4. The summed E-state index contributed by atoms with van der Waals surface area (Å²) < 4.78 is 1.90. The van der Waals surface area contributed by atoms with Crippen molar-refractivity contribution in [3.8, 4) is 5.69 Å². The van der Waals surface area contributed by atoms with Crippen LogP contribution in [-0.2, 0) is 5.88 Å². The van der Waals surface area contributed by atoms with Crippen LogP contribution in [-0.4, -0.2) is 19.7 Å². The van der Waals surface area contributed by atoms with Gasteiger partial charge in [0.2, 0.25) is 0 Å². The number of rotatable bonds is 2. The van der Waals surface area contributed by atoms with Crippen molar-refractivity contribution in [2.45, 2.75) is 5.88 Å². The first kappa shape index (κ1) is 10.2. The molecule has 5 heteroatoms. The van der Waals surface area contributed by atoms with E-state index in [1.165, 1.54) is 0 Å². The number of pyridine rings is 1. The van der Waals surface area contributed by atoms with E-state index < -0.39 is 0 Å². The Hall–Kier alpha value is -1.94. The monoisotopic (exact) mass is 244 g/mol. The van der Waals surface area contributed by atoms with Gasteiger partial charge in [0.1, 0.15) is 6.33 Å². The molecule has 3 aromatic rings. The van der Waals surface area contributed by atoms with E-state index in [1.54, 1.807) is 12.5 Å². The van der Waals surface area contributed by atoms with Crippen LogP contribution in [0.15, 0.2) is 43.0 Å². The molecule has 0 saturated carbocycles. The molecule has 1 aromatic carbocycles. The zero-order valence-corrected chi connectivity index (χ0v) is 9.67. The molecule has 3 rings (SSSR count). The summed E-state index contributed by atoms with van der Waals surface area (Å²) in [6.45, 7) is 0. The third kappa shape index (κ3) is 1.66. The Morgan fingerprint density at radius 1 is 1.24 bits per heavy atom. The molecule has 0 aliphatic rings. The van der Waals surface area contributed by atoms with Crippen molar-refractivity contribution in [1.29, 1.82) is 0 Å². The fourth-order valence-corrected chi connectivity index (χ4v) is 2.05. The van der Waals surface area contributed by atoms with Crippen LogP contribution in [0.4, 0.5) is 0 Å². The molecular formula is C12H9ClN4. The molecule has 0 fully saturated rings. The van der Waals surface area contributed by atoms with Gasteiger partial charge in [-0.2, -0.15) is 0 Å². The lowest BCUT2D eigenvalue weighted by Crippen LogP contribution is -1.98. The quantitative estimate of drug-likeness (QED) is 0.651. The van der Waals surface area contributed by atoms with Crippen LogP contribution in [0.2, 0.25) is 0 Å². The summed E-state index contributed by atoms with van der Waals surface area (Å²) in [6, 6.07) is 8.00. The maximum atomic E-state index is 5.84. The molecule has 0 radical (unpaired) electrons. The maximum Gasteiger partial charge on any atom is 0.152 e. The van der Waals surface area contributed by atoms with Gasteiger partial charge in [-0.05, 0) is 12.1 Å². The van der Waals surface area contributed by atoms with E-state index >= 15 is 0 Å². The minimum Gasteiger partial charge on any atom is -0.284 e. The van der Waals surface area contributed by atoms with Crippen LogP contribution in [0.5, 0.6) is 0 Å². The van der Waals surface area contributed by atoms with Gasteiger partial charge in [0.15, 0.2) is 5.82 Å². The first-order valence-electron chi connectivity index (χ1n) is 5.18. The first-order valence-corrected chi connectivity index (χ1v) is 5.71. The zero-order valence-electron chi connectivity index (χ0n) is 8.92. The van der Waals surface area contributed by atoms with Crippen molar-refractivity contribution in [1.82, 2.24) is 19.7 Å². The molecule has 2 aromatic heterocycles. The fraction of sp³-hybridized carbons (Fsp3) is 0.0833. The van der Waals surface area contributed by atoms with Crippen LogP contribution < -0.4 is 0 Å². The predicted octanol–water partition coefficient (Wildman–Crippen LogP) is 2.55. The van der Waals surface area contributed by atoms with E-state index in [4.69, 9.17) is 11.6 Å². The summed E-state index contributed by atoms with van der Waals surface area (Å²) in [6.07, 6.45) is 5.28. The van der Waals surface area contributed by atoms with Crippen molar-refractivity contribution < 1.29 is 0 Å². The van der Waals surface area contributed by atoms with Gasteiger partial charge in [0.05, 0.1) is 11.6 Å². The molecule has 0 aliphatic carbocycles. The van der Waals surface area contributed by atoms with E-state index in [-0.39, 0.29) is 0 Å². The van der Waals surface area contributed by atoms with Crippen molar-refractivity contribution in [3.63, 3.8) is 0 Å². The topological polar surface area (TPSA) is 43.6 Å². The molecule has 0 unspecified atom stereocenters. The molecule has 84 valence electrons. The highest BCUT2D eigenvalue weighted by Crippen LogP contribution is 2.22. The van der Waals surface area contributed by atoms with E-state index in [1.807, 2.05) is 35.0 Å². The van der Waals surface area contributed by atoms with E-state index in [2.05, 4.69) is 15.2 Å². The summed E-state index contributed by atoms with van der Waals surface area (Å²) in [5.74, 6) is 1.07. The number of halogens is 1. The molecule has 0 spiro atoms. The van der Waals surface area contributed by atoms with Gasteiger partial charge in [-0.15, -0.1) is 21.8 Å². The second kappa shape index (κ2) is 4.14. The Morgan fingerprint density at radius 2 is 2.18 bits per heavy atom. The van der Waals surface area contributed by atoms with Gasteiger partial charge in [0.25, 0.3) is 0 Å². The minimum atomic E-state index is 0.335. The van der Waals surface area contributed by atoms with Crippen molar-refractivity contribution >= 4 is 22.4 Å². The van der Waals surface area contributed by atoms with E-state index in [0.717, 1.165) is 22.3 Å². The highest BCUT2D eigenvalue weighted by Gasteiger charge is 2.07. The van der Waals surface area contributed by atoms with E-state index in [9.17, 15) is 0 Å². The predicted molar refractivity (Wildman–Crippen MR) is 66.2 cm³/mol. The number of hydrogen-bond acceptors (Lipinski definition) is 3. The van der Waals surface area contributed by atoms with Gasteiger partial charge in [-0.3, -0.25) is 9.55 Å². The largest absolute Gasteiger partial charge is 0.284 e. The molecule has 0 amide bonds. The smallest absolute Gasteiger partial charge is 0.152 e. The molecule has 0 atom stereocenters. The molecule has 0 aliphatic heterocycles. The molecule has 2 heterocycles. The Bertz CT molecular complexity index is 657. The summed E-state index contributed by atoms with van der Waals surface area (Å²) in [7, 11) is 0. The molecular weight excluding hydrogens is 236 g/mol. The summed E-state index contributed by atoms with van der Waals surface area (Å²) in [5, 5.41) is 10.1. The second-order valence-electron chi connectivity index (χ2n) is 3.62. The Labute approximate surface area is 103 Å². The van der Waals surface area contributed by atoms with Crippen LogP contribution in [0.25, 0.3) is 16.5 Å². The third-order valence-corrected chi connectivity index (χ3v) is 2.89. The van der Waals surface area contributed by atoms with Crippen LogP contribution in [0, 0.1) is 0 Å². The van der Waals surface area contributed by atoms with Crippen LogP contribution in [0.1, 0.15) is 5.82 Å². The summed E-state index contributed by atoms with van der Waals surface area (Å²) in [5.41, 5.74) is 1.02. The lowest BCUT2D eigenvalue weighted by molar-refractivity contribution is 0.957. The number of hydrogen-bond donors (Lipinski definition) is 0. The number of benzene rings is 1. The third-order valence-electron chi connectivity index (χ3n) is 2.66. The molecule has 4 nitrogen and oxygen atoms in total. The summed E-state index contributed by atoms with van der Waals surface area (Å²) >= 11 is 5.84. The lowest BCUT2D eigenvalue weighted by Gasteiger charge is -2.08. The first-order chi connectivity index (χ1) is 8.40.